The fourth-order valence-corrected chi connectivity index (χ4v) is 1.41. The number of carbonyl (C=O) groups is 3. The molecule has 0 aliphatic rings. The number of esters is 2. The van der Waals surface area contributed by atoms with Gasteiger partial charge in [0.25, 0.3) is 0 Å². The molecule has 0 aliphatic heterocycles. The molecule has 0 saturated heterocycles. The molecule has 0 fully saturated rings. The van der Waals surface area contributed by atoms with Gasteiger partial charge in [-0.2, -0.15) is 0 Å². The number of carbonyl (C=O) groups excluding carboxylic acids is 2. The van der Waals surface area contributed by atoms with Crippen LogP contribution in [0.15, 0.2) is 18.2 Å². The number of benzene rings is 1. The summed E-state index contributed by atoms with van der Waals surface area (Å²) in [5, 5.41) is 8.97. The first-order chi connectivity index (χ1) is 8.91. The topological polar surface area (TPSA) is 89.9 Å². The van der Waals surface area contributed by atoms with E-state index in [2.05, 4.69) is 4.74 Å². The number of aryl methyl sites for hydroxylation is 1. The molecular weight excluding hydrogens is 252 g/mol. The van der Waals surface area contributed by atoms with E-state index in [-0.39, 0.29) is 24.3 Å². The molecule has 19 heavy (non-hydrogen) atoms. The van der Waals surface area contributed by atoms with Gasteiger partial charge in [-0.3, -0.25) is 4.79 Å². The summed E-state index contributed by atoms with van der Waals surface area (Å²) in [4.78, 5) is 33.2. The minimum Gasteiger partial charge on any atom is -0.478 e. The zero-order chi connectivity index (χ0) is 14.4. The predicted octanol–water partition coefficient (Wildman–Crippen LogP) is 1.41. The molecule has 0 spiro atoms. The van der Waals surface area contributed by atoms with E-state index >= 15 is 0 Å². The van der Waals surface area contributed by atoms with Crippen LogP contribution in [-0.4, -0.2) is 36.2 Å². The summed E-state index contributed by atoms with van der Waals surface area (Å²) in [6.07, 6.45) is 0. The molecule has 0 saturated carbocycles. The van der Waals surface area contributed by atoms with Crippen LogP contribution in [0.25, 0.3) is 0 Å². The normalized spacial score (nSPS) is 9.79. The second kappa shape index (κ2) is 6.53. The van der Waals surface area contributed by atoms with Crippen LogP contribution in [0.4, 0.5) is 0 Å². The summed E-state index contributed by atoms with van der Waals surface area (Å²) in [5.41, 5.74) is 0.607. The molecule has 0 aromatic heterocycles. The number of hydrogen-bond acceptors (Lipinski definition) is 5. The standard InChI is InChI=1S/C13H14O6/c1-8-3-4-10(12(15)16)11(7-8)13(17)19-6-5-18-9(2)14/h3-4,7H,5-6H2,1-2H3,(H,15,16). The Labute approximate surface area is 109 Å². The van der Waals surface area contributed by atoms with E-state index in [4.69, 9.17) is 9.84 Å². The number of rotatable bonds is 5. The largest absolute Gasteiger partial charge is 0.478 e. The van der Waals surface area contributed by atoms with Crippen LogP contribution in [0.2, 0.25) is 0 Å². The highest BCUT2D eigenvalue weighted by Gasteiger charge is 2.17. The third-order valence-electron chi connectivity index (χ3n) is 2.25. The van der Waals surface area contributed by atoms with Gasteiger partial charge in [0.2, 0.25) is 0 Å². The van der Waals surface area contributed by atoms with Crippen molar-refractivity contribution in [3.8, 4) is 0 Å². The summed E-state index contributed by atoms with van der Waals surface area (Å²) >= 11 is 0. The van der Waals surface area contributed by atoms with Crippen molar-refractivity contribution in [1.82, 2.24) is 0 Å². The van der Waals surface area contributed by atoms with Crippen molar-refractivity contribution in [2.24, 2.45) is 0 Å². The average Bonchev–Trinajstić information content (AvgIpc) is 2.33. The van der Waals surface area contributed by atoms with Gasteiger partial charge in [-0.1, -0.05) is 11.6 Å². The maximum absolute atomic E-state index is 11.7. The third-order valence-corrected chi connectivity index (χ3v) is 2.25. The summed E-state index contributed by atoms with van der Waals surface area (Å²) in [6.45, 7) is 2.80. The molecular formula is C13H14O6. The molecule has 102 valence electrons. The molecule has 1 rings (SSSR count). The Morgan fingerprint density at radius 3 is 2.32 bits per heavy atom. The Morgan fingerprint density at radius 1 is 1.11 bits per heavy atom. The zero-order valence-electron chi connectivity index (χ0n) is 10.6. The van der Waals surface area contributed by atoms with E-state index in [0.717, 1.165) is 5.56 Å². The number of hydrogen-bond donors (Lipinski definition) is 1. The van der Waals surface area contributed by atoms with Gasteiger partial charge in [-0.15, -0.1) is 0 Å². The summed E-state index contributed by atoms with van der Waals surface area (Å²) in [6, 6.07) is 4.39. The molecule has 0 atom stereocenters. The maximum Gasteiger partial charge on any atom is 0.339 e. The SMILES string of the molecule is CC(=O)OCCOC(=O)c1cc(C)ccc1C(=O)O. The second-order valence-corrected chi connectivity index (χ2v) is 3.83. The van der Waals surface area contributed by atoms with Crippen LogP contribution in [0.3, 0.4) is 0 Å². The minimum atomic E-state index is -1.20. The Hall–Kier alpha value is -2.37. The van der Waals surface area contributed by atoms with Crippen molar-refractivity contribution >= 4 is 17.9 Å². The first-order valence-electron chi connectivity index (χ1n) is 5.56. The van der Waals surface area contributed by atoms with E-state index in [1.54, 1.807) is 13.0 Å². The smallest absolute Gasteiger partial charge is 0.339 e. The lowest BCUT2D eigenvalue weighted by atomic mass is 10.0. The van der Waals surface area contributed by atoms with Crippen molar-refractivity contribution in [1.29, 1.82) is 0 Å². The lowest BCUT2D eigenvalue weighted by Crippen LogP contribution is -2.15. The van der Waals surface area contributed by atoms with Gasteiger partial charge >= 0.3 is 17.9 Å². The van der Waals surface area contributed by atoms with Crippen LogP contribution in [-0.2, 0) is 14.3 Å². The molecule has 0 bridgehead atoms. The number of ether oxygens (including phenoxy) is 2. The van der Waals surface area contributed by atoms with Gasteiger partial charge in [0.15, 0.2) is 0 Å². The minimum absolute atomic E-state index is 0.0182. The van der Waals surface area contributed by atoms with Crippen molar-refractivity contribution in [2.45, 2.75) is 13.8 Å². The number of aromatic carboxylic acids is 1. The van der Waals surface area contributed by atoms with Gasteiger partial charge in [-0.05, 0) is 19.1 Å². The molecule has 0 heterocycles. The highest BCUT2D eigenvalue weighted by Crippen LogP contribution is 2.13. The van der Waals surface area contributed by atoms with Crippen LogP contribution in [0.1, 0.15) is 33.2 Å². The van der Waals surface area contributed by atoms with Crippen molar-refractivity contribution in [3.05, 3.63) is 34.9 Å². The molecule has 0 aliphatic carbocycles. The van der Waals surface area contributed by atoms with Crippen LogP contribution in [0, 0.1) is 6.92 Å². The van der Waals surface area contributed by atoms with E-state index in [1.807, 2.05) is 0 Å². The van der Waals surface area contributed by atoms with Gasteiger partial charge in [-0.25, -0.2) is 9.59 Å². The van der Waals surface area contributed by atoms with E-state index in [0.29, 0.717) is 0 Å². The van der Waals surface area contributed by atoms with Crippen LogP contribution in [0.5, 0.6) is 0 Å². The Kier molecular flexibility index (Phi) is 5.05. The molecule has 1 aromatic rings. The van der Waals surface area contributed by atoms with Gasteiger partial charge in [0.1, 0.15) is 13.2 Å². The van der Waals surface area contributed by atoms with Crippen LogP contribution >= 0.6 is 0 Å². The molecule has 0 unspecified atom stereocenters. The molecule has 1 N–H and O–H groups in total. The van der Waals surface area contributed by atoms with Gasteiger partial charge < -0.3 is 14.6 Å². The number of carboxylic acid groups (broad SMARTS) is 1. The molecule has 1 aromatic carbocycles. The molecule has 0 amide bonds. The number of carboxylic acids is 1. The molecule has 6 nitrogen and oxygen atoms in total. The summed E-state index contributed by atoms with van der Waals surface area (Å²) in [7, 11) is 0. The maximum atomic E-state index is 11.7. The lowest BCUT2D eigenvalue weighted by Gasteiger charge is -2.08. The first-order valence-corrected chi connectivity index (χ1v) is 5.56. The predicted molar refractivity (Wildman–Crippen MR) is 65.1 cm³/mol. The van der Waals surface area contributed by atoms with Gasteiger partial charge in [0, 0.05) is 6.92 Å². The third kappa shape index (κ3) is 4.42. The highest BCUT2D eigenvalue weighted by atomic mass is 16.6. The summed E-state index contributed by atoms with van der Waals surface area (Å²) in [5.74, 6) is -2.43. The van der Waals surface area contributed by atoms with E-state index < -0.39 is 17.9 Å². The summed E-state index contributed by atoms with van der Waals surface area (Å²) < 4.78 is 9.44. The van der Waals surface area contributed by atoms with Crippen molar-refractivity contribution < 1.29 is 29.0 Å². The zero-order valence-corrected chi connectivity index (χ0v) is 10.6. The first kappa shape index (κ1) is 14.7. The fraction of sp³-hybridized carbons (Fsp3) is 0.308. The lowest BCUT2D eigenvalue weighted by molar-refractivity contribution is -0.142. The quantitative estimate of drug-likeness (QED) is 0.640. The monoisotopic (exact) mass is 266 g/mol. The Morgan fingerprint density at radius 2 is 1.74 bits per heavy atom. The Bertz CT molecular complexity index is 506. The van der Waals surface area contributed by atoms with Crippen molar-refractivity contribution in [2.75, 3.05) is 13.2 Å². The van der Waals surface area contributed by atoms with Gasteiger partial charge in [0.05, 0.1) is 11.1 Å². The molecule has 6 heteroatoms. The van der Waals surface area contributed by atoms with E-state index in [9.17, 15) is 14.4 Å². The molecule has 0 radical (unpaired) electrons. The highest BCUT2D eigenvalue weighted by molar-refractivity contribution is 6.02. The average molecular weight is 266 g/mol. The Balaban J connectivity index is 2.73. The fourth-order valence-electron chi connectivity index (χ4n) is 1.41. The van der Waals surface area contributed by atoms with E-state index in [1.165, 1.54) is 19.1 Å². The van der Waals surface area contributed by atoms with Crippen molar-refractivity contribution in [3.63, 3.8) is 0 Å². The van der Waals surface area contributed by atoms with Crippen LogP contribution < -0.4 is 0 Å². The second-order valence-electron chi connectivity index (χ2n) is 3.83.